The van der Waals surface area contributed by atoms with Crippen LogP contribution in [0.2, 0.25) is 0 Å². The Hall–Kier alpha value is -0.120. The molecule has 2 N–H and O–H groups in total. The van der Waals surface area contributed by atoms with Gasteiger partial charge in [0, 0.05) is 25.7 Å². The van der Waals surface area contributed by atoms with Gasteiger partial charge in [-0.05, 0) is 20.4 Å². The first-order chi connectivity index (χ1) is 8.10. The smallest absolute Gasteiger partial charge is 0.0589 e. The molecule has 3 nitrogen and oxygen atoms in total. The Morgan fingerprint density at radius 1 is 1.18 bits per heavy atom. The fraction of sp³-hybridized carbons (Fsp3) is 1.00. The van der Waals surface area contributed by atoms with Crippen molar-refractivity contribution in [3.63, 3.8) is 0 Å². The predicted octanol–water partition coefficient (Wildman–Crippen LogP) is 2.64. The van der Waals surface area contributed by atoms with Gasteiger partial charge in [0.1, 0.15) is 0 Å². The quantitative estimate of drug-likeness (QED) is 0.568. The van der Waals surface area contributed by atoms with Gasteiger partial charge in [-0.15, -0.1) is 0 Å². The summed E-state index contributed by atoms with van der Waals surface area (Å²) in [5, 5.41) is 0. The molecular formula is C14H32N2O. The molecule has 1 atom stereocenters. The molecule has 0 radical (unpaired) electrons. The molecule has 0 aliphatic rings. The fourth-order valence-electron chi connectivity index (χ4n) is 2.06. The highest BCUT2D eigenvalue weighted by molar-refractivity contribution is 4.85. The highest BCUT2D eigenvalue weighted by Gasteiger charge is 2.26. The van der Waals surface area contributed by atoms with Crippen molar-refractivity contribution < 1.29 is 4.74 Å². The van der Waals surface area contributed by atoms with Crippen LogP contribution in [-0.4, -0.2) is 44.3 Å². The zero-order valence-electron chi connectivity index (χ0n) is 12.3. The van der Waals surface area contributed by atoms with Gasteiger partial charge in [-0.2, -0.15) is 0 Å². The number of likely N-dealkylation sites (N-methyl/N-ethyl adjacent to an activating group) is 1. The number of ether oxygens (including phenoxy) is 1. The van der Waals surface area contributed by atoms with E-state index in [1.165, 1.54) is 38.5 Å². The van der Waals surface area contributed by atoms with E-state index in [0.717, 1.165) is 19.7 Å². The summed E-state index contributed by atoms with van der Waals surface area (Å²) >= 11 is 0. The number of hydrogen-bond acceptors (Lipinski definition) is 3. The summed E-state index contributed by atoms with van der Waals surface area (Å²) < 4.78 is 5.13. The van der Waals surface area contributed by atoms with Crippen LogP contribution in [0.3, 0.4) is 0 Å². The van der Waals surface area contributed by atoms with Gasteiger partial charge in [-0.25, -0.2) is 0 Å². The number of nitrogens with two attached hydrogens (primary N) is 1. The lowest BCUT2D eigenvalue weighted by molar-refractivity contribution is 0.0866. The van der Waals surface area contributed by atoms with Crippen molar-refractivity contribution in [2.45, 2.75) is 57.9 Å². The van der Waals surface area contributed by atoms with Crippen LogP contribution in [0.4, 0.5) is 0 Å². The van der Waals surface area contributed by atoms with Gasteiger partial charge in [-0.3, -0.25) is 4.90 Å². The molecule has 0 aromatic heterocycles. The number of methoxy groups -OCH3 is 1. The molecule has 0 saturated heterocycles. The number of unbranched alkanes of at least 4 members (excludes halogenated alkanes) is 4. The highest BCUT2D eigenvalue weighted by atomic mass is 16.5. The zero-order valence-corrected chi connectivity index (χ0v) is 12.3. The molecule has 3 heteroatoms. The molecule has 104 valence electrons. The van der Waals surface area contributed by atoms with Crippen LogP contribution in [0.15, 0.2) is 0 Å². The Morgan fingerprint density at radius 2 is 1.82 bits per heavy atom. The van der Waals surface area contributed by atoms with Crippen molar-refractivity contribution in [1.82, 2.24) is 4.90 Å². The van der Waals surface area contributed by atoms with Crippen molar-refractivity contribution in [3.8, 4) is 0 Å². The normalized spacial score (nSPS) is 15.2. The van der Waals surface area contributed by atoms with E-state index in [1.54, 1.807) is 7.11 Å². The average Bonchev–Trinajstić information content (AvgIpc) is 2.35. The molecule has 0 aliphatic heterocycles. The first-order valence-electron chi connectivity index (χ1n) is 7.01. The molecule has 0 rings (SSSR count). The van der Waals surface area contributed by atoms with Gasteiger partial charge >= 0.3 is 0 Å². The topological polar surface area (TPSA) is 38.5 Å². The standard InChI is InChI=1S/C14H32N2O/c1-5-6-7-8-9-10-14(2,13-15)16(3)11-12-17-4/h5-13,15H2,1-4H3. The fourth-order valence-corrected chi connectivity index (χ4v) is 2.06. The minimum Gasteiger partial charge on any atom is -0.383 e. The maximum atomic E-state index is 5.94. The van der Waals surface area contributed by atoms with Gasteiger partial charge in [0.15, 0.2) is 0 Å². The Bertz CT molecular complexity index is 176. The molecule has 0 fully saturated rings. The second-order valence-electron chi connectivity index (χ2n) is 5.28. The van der Waals surface area contributed by atoms with Crippen LogP contribution >= 0.6 is 0 Å². The van der Waals surface area contributed by atoms with E-state index in [9.17, 15) is 0 Å². The third kappa shape index (κ3) is 7.02. The monoisotopic (exact) mass is 244 g/mol. The van der Waals surface area contributed by atoms with Crippen molar-refractivity contribution >= 4 is 0 Å². The summed E-state index contributed by atoms with van der Waals surface area (Å²) in [6, 6.07) is 0. The van der Waals surface area contributed by atoms with Crippen LogP contribution in [0.1, 0.15) is 52.4 Å². The molecule has 0 bridgehead atoms. The second-order valence-corrected chi connectivity index (χ2v) is 5.28. The molecule has 0 heterocycles. The van der Waals surface area contributed by atoms with Crippen LogP contribution in [0.25, 0.3) is 0 Å². The molecule has 17 heavy (non-hydrogen) atoms. The van der Waals surface area contributed by atoms with Gasteiger partial charge in [0.05, 0.1) is 6.61 Å². The zero-order chi connectivity index (χ0) is 13.1. The van der Waals surface area contributed by atoms with E-state index in [2.05, 4.69) is 25.8 Å². The molecule has 0 spiro atoms. The largest absolute Gasteiger partial charge is 0.383 e. The van der Waals surface area contributed by atoms with Crippen LogP contribution in [0, 0.1) is 0 Å². The number of hydrogen-bond donors (Lipinski definition) is 1. The molecule has 0 amide bonds. The Kier molecular flexibility index (Phi) is 9.79. The lowest BCUT2D eigenvalue weighted by Crippen LogP contribution is -2.50. The average molecular weight is 244 g/mol. The summed E-state index contributed by atoms with van der Waals surface area (Å²) in [6.07, 6.45) is 7.83. The number of rotatable bonds is 11. The first kappa shape index (κ1) is 16.9. The molecule has 1 unspecified atom stereocenters. The minimum atomic E-state index is 0.130. The second kappa shape index (κ2) is 9.86. The summed E-state index contributed by atoms with van der Waals surface area (Å²) in [4.78, 5) is 2.34. The Labute approximate surface area is 108 Å². The maximum Gasteiger partial charge on any atom is 0.0589 e. The van der Waals surface area contributed by atoms with Crippen molar-refractivity contribution in [3.05, 3.63) is 0 Å². The van der Waals surface area contributed by atoms with Crippen LogP contribution in [0.5, 0.6) is 0 Å². The third-order valence-electron chi connectivity index (χ3n) is 3.81. The molecular weight excluding hydrogens is 212 g/mol. The summed E-state index contributed by atoms with van der Waals surface area (Å²) in [6.45, 7) is 6.98. The Morgan fingerprint density at radius 3 is 2.35 bits per heavy atom. The van der Waals surface area contributed by atoms with Gasteiger partial charge < -0.3 is 10.5 Å². The van der Waals surface area contributed by atoms with Gasteiger partial charge in [0.2, 0.25) is 0 Å². The van der Waals surface area contributed by atoms with E-state index in [0.29, 0.717) is 0 Å². The highest BCUT2D eigenvalue weighted by Crippen LogP contribution is 2.20. The van der Waals surface area contributed by atoms with E-state index < -0.39 is 0 Å². The van der Waals surface area contributed by atoms with Crippen LogP contribution < -0.4 is 5.73 Å². The van der Waals surface area contributed by atoms with Crippen LogP contribution in [-0.2, 0) is 4.74 Å². The van der Waals surface area contributed by atoms with E-state index in [-0.39, 0.29) is 5.54 Å². The van der Waals surface area contributed by atoms with Gasteiger partial charge in [-0.1, -0.05) is 39.0 Å². The Balaban J connectivity index is 3.90. The predicted molar refractivity (Wildman–Crippen MR) is 75.3 cm³/mol. The number of nitrogens with zero attached hydrogens (tertiary/aromatic N) is 1. The van der Waals surface area contributed by atoms with E-state index in [4.69, 9.17) is 10.5 Å². The van der Waals surface area contributed by atoms with E-state index in [1.807, 2.05) is 0 Å². The van der Waals surface area contributed by atoms with Gasteiger partial charge in [0.25, 0.3) is 0 Å². The lowest BCUT2D eigenvalue weighted by atomic mass is 9.92. The third-order valence-corrected chi connectivity index (χ3v) is 3.81. The SMILES string of the molecule is CCCCCCCC(C)(CN)N(C)CCOC. The summed E-state index contributed by atoms with van der Waals surface area (Å²) in [5.74, 6) is 0. The molecule has 0 saturated carbocycles. The summed E-state index contributed by atoms with van der Waals surface area (Å²) in [5.41, 5.74) is 6.07. The maximum absolute atomic E-state index is 5.94. The molecule has 0 aliphatic carbocycles. The molecule has 0 aromatic rings. The van der Waals surface area contributed by atoms with Crippen molar-refractivity contribution in [2.24, 2.45) is 5.73 Å². The van der Waals surface area contributed by atoms with E-state index >= 15 is 0 Å². The summed E-state index contributed by atoms with van der Waals surface area (Å²) in [7, 11) is 3.90. The van der Waals surface area contributed by atoms with Crippen molar-refractivity contribution in [1.29, 1.82) is 0 Å². The lowest BCUT2D eigenvalue weighted by Gasteiger charge is -2.38. The first-order valence-corrected chi connectivity index (χ1v) is 7.01. The minimum absolute atomic E-state index is 0.130. The molecule has 0 aromatic carbocycles. The van der Waals surface area contributed by atoms with Crippen molar-refractivity contribution in [2.75, 3.05) is 33.9 Å².